The second kappa shape index (κ2) is 7.82. The smallest absolute Gasteiger partial charge is 0.200 e. The Morgan fingerprint density at radius 2 is 1.67 bits per heavy atom. The van der Waals surface area contributed by atoms with Gasteiger partial charge in [0.05, 0.1) is 6.61 Å². The fourth-order valence-electron chi connectivity index (χ4n) is 0.925. The molecule has 0 amide bonds. The summed E-state index contributed by atoms with van der Waals surface area (Å²) in [5.41, 5.74) is 0.0610. The van der Waals surface area contributed by atoms with Gasteiger partial charge >= 0.3 is 0 Å². The van der Waals surface area contributed by atoms with Gasteiger partial charge < -0.3 is 4.74 Å². The molecule has 0 aliphatic carbocycles. The van der Waals surface area contributed by atoms with Gasteiger partial charge in [-0.1, -0.05) is 48.3 Å². The van der Waals surface area contributed by atoms with Crippen LogP contribution in [0.4, 0.5) is 8.78 Å². The van der Waals surface area contributed by atoms with E-state index in [4.69, 9.17) is 4.74 Å². The van der Waals surface area contributed by atoms with Crippen LogP contribution in [0.3, 0.4) is 0 Å². The summed E-state index contributed by atoms with van der Waals surface area (Å²) >= 11 is 3.10. The van der Waals surface area contributed by atoms with Crippen LogP contribution >= 0.6 is 15.9 Å². The lowest BCUT2D eigenvalue weighted by molar-refractivity contribution is 0.224. The number of halogens is 3. The quantitative estimate of drug-likeness (QED) is 0.459. The van der Waals surface area contributed by atoms with Crippen LogP contribution in [0.1, 0.15) is 6.92 Å². The van der Waals surface area contributed by atoms with Gasteiger partial charge in [0.15, 0.2) is 11.6 Å². The topological polar surface area (TPSA) is 9.23 Å². The highest BCUT2D eigenvalue weighted by atomic mass is 79.9. The monoisotopic (exact) mass is 316 g/mol. The third-order valence-corrected chi connectivity index (χ3v) is 2.14. The molecule has 1 nitrogen and oxygen atoms in total. The van der Waals surface area contributed by atoms with Crippen molar-refractivity contribution < 1.29 is 13.5 Å². The fourth-order valence-corrected chi connectivity index (χ4v) is 1.06. The molecule has 0 saturated heterocycles. The standard InChI is InChI=1S/C14H15BrF2O/c1-6-18-12(5)14(17)13(16)11(4)9(2)7-8-10(3)15/h7-8H,2-6H2,1H3/b8-7-,14-13-. The Labute approximate surface area is 115 Å². The molecule has 0 unspecified atom stereocenters. The Bertz CT molecular complexity index is 445. The molecule has 98 valence electrons. The van der Waals surface area contributed by atoms with Gasteiger partial charge in [0.1, 0.15) is 0 Å². The van der Waals surface area contributed by atoms with Crippen LogP contribution in [0.2, 0.25) is 0 Å². The van der Waals surface area contributed by atoms with Gasteiger partial charge in [-0.2, -0.15) is 4.39 Å². The van der Waals surface area contributed by atoms with E-state index in [1.54, 1.807) is 13.0 Å². The van der Waals surface area contributed by atoms with Crippen molar-refractivity contribution in [2.24, 2.45) is 0 Å². The molecule has 0 fully saturated rings. The van der Waals surface area contributed by atoms with E-state index in [0.717, 1.165) is 0 Å². The molecule has 0 N–H and O–H groups in total. The van der Waals surface area contributed by atoms with E-state index in [1.165, 1.54) is 6.08 Å². The third kappa shape index (κ3) is 5.27. The zero-order valence-corrected chi connectivity index (χ0v) is 11.8. The van der Waals surface area contributed by atoms with E-state index in [9.17, 15) is 8.78 Å². The van der Waals surface area contributed by atoms with Crippen LogP contribution in [-0.2, 0) is 4.74 Å². The predicted molar refractivity (Wildman–Crippen MR) is 75.5 cm³/mol. The highest BCUT2D eigenvalue weighted by Crippen LogP contribution is 2.27. The Hall–Kier alpha value is -1.42. The highest BCUT2D eigenvalue weighted by Gasteiger charge is 2.15. The van der Waals surface area contributed by atoms with Gasteiger partial charge in [0.25, 0.3) is 0 Å². The zero-order chi connectivity index (χ0) is 14.3. The van der Waals surface area contributed by atoms with Gasteiger partial charge in [-0.3, -0.25) is 0 Å². The molecule has 0 aliphatic rings. The number of allylic oxidation sites excluding steroid dienone is 7. The minimum Gasteiger partial charge on any atom is -0.491 e. The van der Waals surface area contributed by atoms with Crippen molar-refractivity contribution in [1.82, 2.24) is 0 Å². The van der Waals surface area contributed by atoms with Crippen molar-refractivity contribution in [3.05, 3.63) is 71.5 Å². The molecule has 0 atom stereocenters. The Morgan fingerprint density at radius 3 is 2.11 bits per heavy atom. The predicted octanol–water partition coefficient (Wildman–Crippen LogP) is 5.26. The number of hydrogen-bond acceptors (Lipinski definition) is 1. The maximum atomic E-state index is 13.7. The molecular weight excluding hydrogens is 302 g/mol. The van der Waals surface area contributed by atoms with E-state index in [-0.39, 0.29) is 23.5 Å². The average molecular weight is 317 g/mol. The van der Waals surface area contributed by atoms with Crippen LogP contribution in [-0.4, -0.2) is 6.61 Å². The van der Waals surface area contributed by atoms with Crippen molar-refractivity contribution >= 4 is 15.9 Å². The minimum atomic E-state index is -1.17. The molecule has 4 heteroatoms. The van der Waals surface area contributed by atoms with E-state index in [1.807, 2.05) is 0 Å². The Balaban J connectivity index is 4.98. The lowest BCUT2D eigenvalue weighted by Gasteiger charge is -2.07. The van der Waals surface area contributed by atoms with Crippen molar-refractivity contribution in [2.75, 3.05) is 6.61 Å². The Kier molecular flexibility index (Phi) is 7.20. The number of ether oxygens (including phenoxy) is 1. The molecular formula is C14H15BrF2O. The molecule has 0 spiro atoms. The molecule has 0 radical (unpaired) electrons. The number of hydrogen-bond donors (Lipinski definition) is 0. The summed E-state index contributed by atoms with van der Waals surface area (Å²) in [5, 5.41) is 0. The highest BCUT2D eigenvalue weighted by molar-refractivity contribution is 9.11. The van der Waals surface area contributed by atoms with Crippen LogP contribution in [0.25, 0.3) is 0 Å². The Morgan fingerprint density at radius 1 is 1.11 bits per heavy atom. The van der Waals surface area contributed by atoms with E-state index < -0.39 is 11.7 Å². The second-order valence-corrected chi connectivity index (χ2v) is 4.29. The maximum Gasteiger partial charge on any atom is 0.200 e. The second-order valence-electron chi connectivity index (χ2n) is 3.27. The first-order chi connectivity index (χ1) is 8.31. The largest absolute Gasteiger partial charge is 0.491 e. The van der Waals surface area contributed by atoms with Crippen LogP contribution in [0.15, 0.2) is 71.5 Å². The van der Waals surface area contributed by atoms with Crippen molar-refractivity contribution in [2.45, 2.75) is 6.92 Å². The maximum absolute atomic E-state index is 13.7. The molecule has 0 aromatic heterocycles. The molecule has 0 heterocycles. The molecule has 0 rings (SSSR count). The van der Waals surface area contributed by atoms with E-state index in [0.29, 0.717) is 4.48 Å². The summed E-state index contributed by atoms with van der Waals surface area (Å²) in [7, 11) is 0. The summed E-state index contributed by atoms with van der Waals surface area (Å²) in [6.45, 7) is 15.7. The van der Waals surface area contributed by atoms with Crippen molar-refractivity contribution in [3.63, 3.8) is 0 Å². The SMILES string of the molecule is C=C(Br)/C=C\C(=C)C(=C)/C(F)=C(/F)C(=C)OCC. The van der Waals surface area contributed by atoms with Gasteiger partial charge in [-0.25, -0.2) is 4.39 Å². The molecule has 18 heavy (non-hydrogen) atoms. The first-order valence-electron chi connectivity index (χ1n) is 5.09. The van der Waals surface area contributed by atoms with Crippen molar-refractivity contribution in [1.29, 1.82) is 0 Å². The third-order valence-electron chi connectivity index (χ3n) is 1.87. The summed E-state index contributed by atoms with van der Waals surface area (Å²) in [6, 6.07) is 0. The molecule has 0 saturated carbocycles. The average Bonchev–Trinajstić information content (AvgIpc) is 2.33. The molecule has 0 aliphatic heterocycles. The fraction of sp³-hybridized carbons (Fsp3) is 0.143. The number of rotatable bonds is 7. The van der Waals surface area contributed by atoms with Gasteiger partial charge in [0, 0.05) is 10.1 Å². The summed E-state index contributed by atoms with van der Waals surface area (Å²) in [4.78, 5) is 0. The van der Waals surface area contributed by atoms with Crippen LogP contribution < -0.4 is 0 Å². The molecule has 0 aromatic carbocycles. The normalized spacial score (nSPS) is 12.0. The van der Waals surface area contributed by atoms with Gasteiger partial charge in [-0.05, 0) is 18.6 Å². The first-order valence-corrected chi connectivity index (χ1v) is 5.88. The van der Waals surface area contributed by atoms with Crippen molar-refractivity contribution in [3.8, 4) is 0 Å². The van der Waals surface area contributed by atoms with E-state index in [2.05, 4.69) is 42.2 Å². The van der Waals surface area contributed by atoms with Gasteiger partial charge in [-0.15, -0.1) is 0 Å². The first kappa shape index (κ1) is 16.6. The van der Waals surface area contributed by atoms with E-state index >= 15 is 0 Å². The van der Waals surface area contributed by atoms with Crippen LogP contribution in [0.5, 0.6) is 0 Å². The minimum absolute atomic E-state index is 0.168. The summed E-state index contributed by atoms with van der Waals surface area (Å²) < 4.78 is 32.5. The van der Waals surface area contributed by atoms with Gasteiger partial charge in [0.2, 0.25) is 5.83 Å². The zero-order valence-electron chi connectivity index (χ0n) is 10.2. The van der Waals surface area contributed by atoms with Crippen LogP contribution in [0, 0.1) is 0 Å². The lowest BCUT2D eigenvalue weighted by atomic mass is 10.1. The lowest BCUT2D eigenvalue weighted by Crippen LogP contribution is -1.95. The summed E-state index contributed by atoms with van der Waals surface area (Å²) in [6.07, 6.45) is 3.02. The molecule has 0 aromatic rings. The summed E-state index contributed by atoms with van der Waals surface area (Å²) in [5.74, 6) is -2.67. The molecule has 0 bridgehead atoms.